The smallest absolute Gasteiger partial charge is 0.237 e. The van der Waals surface area contributed by atoms with Crippen molar-refractivity contribution in [1.82, 2.24) is 15.5 Å². The van der Waals surface area contributed by atoms with Crippen LogP contribution in [0.15, 0.2) is 60.7 Å². The lowest BCUT2D eigenvalue weighted by atomic mass is 9.99. The van der Waals surface area contributed by atoms with Crippen molar-refractivity contribution in [2.24, 2.45) is 0 Å². The van der Waals surface area contributed by atoms with E-state index in [-0.39, 0.29) is 30.4 Å². The number of carbonyl (C=O) groups is 2. The van der Waals surface area contributed by atoms with Gasteiger partial charge < -0.3 is 10.6 Å². The van der Waals surface area contributed by atoms with Gasteiger partial charge in [0.1, 0.15) is 0 Å². The Morgan fingerprint density at radius 1 is 0.966 bits per heavy atom. The molecule has 152 valence electrons. The molecule has 2 aromatic carbocycles. The Labute approximate surface area is 172 Å². The fourth-order valence-corrected chi connectivity index (χ4v) is 4.05. The van der Waals surface area contributed by atoms with Crippen LogP contribution in [0.3, 0.4) is 0 Å². The average Bonchev–Trinajstić information content (AvgIpc) is 3.43. The quantitative estimate of drug-likeness (QED) is 0.727. The van der Waals surface area contributed by atoms with Gasteiger partial charge in [-0.25, -0.2) is 0 Å². The molecule has 29 heavy (non-hydrogen) atoms. The van der Waals surface area contributed by atoms with Crippen molar-refractivity contribution in [3.63, 3.8) is 0 Å². The molecule has 0 aromatic heterocycles. The molecule has 0 spiro atoms. The van der Waals surface area contributed by atoms with Crippen LogP contribution in [0.4, 0.5) is 0 Å². The van der Waals surface area contributed by atoms with E-state index in [2.05, 4.69) is 34.9 Å². The summed E-state index contributed by atoms with van der Waals surface area (Å²) >= 11 is 0. The molecule has 5 heteroatoms. The molecule has 1 heterocycles. The summed E-state index contributed by atoms with van der Waals surface area (Å²) in [7, 11) is 0. The molecule has 5 nitrogen and oxygen atoms in total. The van der Waals surface area contributed by atoms with Crippen LogP contribution in [0.5, 0.6) is 0 Å². The van der Waals surface area contributed by atoms with Gasteiger partial charge in [0.05, 0.1) is 18.6 Å². The summed E-state index contributed by atoms with van der Waals surface area (Å²) in [5, 5.41) is 6.29. The molecule has 1 saturated carbocycles. The minimum Gasteiger partial charge on any atom is -0.352 e. The molecular formula is C24H29N3O2. The number of hydrogen-bond acceptors (Lipinski definition) is 3. The standard InChI is InChI=1S/C24H29N3O2/c28-23(17-27-15-7-12-22(27)24(29)25-20-13-14-20)26-21(19-10-5-2-6-11-19)16-18-8-3-1-4-9-18/h1-6,8-11,20-22H,7,12-17H2,(H,25,29)(H,26,28). The topological polar surface area (TPSA) is 61.4 Å². The summed E-state index contributed by atoms with van der Waals surface area (Å²) in [4.78, 5) is 27.4. The Morgan fingerprint density at radius 2 is 1.66 bits per heavy atom. The number of carbonyl (C=O) groups excluding carboxylic acids is 2. The van der Waals surface area contributed by atoms with Crippen LogP contribution in [-0.4, -0.2) is 41.9 Å². The van der Waals surface area contributed by atoms with E-state index in [1.165, 1.54) is 5.56 Å². The van der Waals surface area contributed by atoms with E-state index < -0.39 is 0 Å². The van der Waals surface area contributed by atoms with Gasteiger partial charge >= 0.3 is 0 Å². The molecule has 2 atom stereocenters. The van der Waals surface area contributed by atoms with Crippen LogP contribution in [0.25, 0.3) is 0 Å². The third kappa shape index (κ3) is 5.45. The Balaban J connectivity index is 1.40. The Kier molecular flexibility index (Phi) is 6.25. The average molecular weight is 392 g/mol. The van der Waals surface area contributed by atoms with E-state index in [1.54, 1.807) is 0 Å². The lowest BCUT2D eigenvalue weighted by Gasteiger charge is -2.25. The number of nitrogens with one attached hydrogen (secondary N) is 2. The van der Waals surface area contributed by atoms with Gasteiger partial charge in [-0.15, -0.1) is 0 Å². The normalized spacial score (nSPS) is 20.2. The number of likely N-dealkylation sites (tertiary alicyclic amines) is 1. The van der Waals surface area contributed by atoms with Crippen molar-refractivity contribution < 1.29 is 9.59 Å². The first kappa shape index (κ1) is 19.6. The predicted octanol–water partition coefficient (Wildman–Crippen LogP) is 2.83. The molecule has 1 aliphatic carbocycles. The van der Waals surface area contributed by atoms with Gasteiger partial charge in [0.15, 0.2) is 0 Å². The summed E-state index contributed by atoms with van der Waals surface area (Å²) in [5.41, 5.74) is 2.28. The molecule has 2 aromatic rings. The van der Waals surface area contributed by atoms with Crippen LogP contribution in [0.2, 0.25) is 0 Å². The first-order valence-electron chi connectivity index (χ1n) is 10.6. The zero-order valence-electron chi connectivity index (χ0n) is 16.7. The van der Waals surface area contributed by atoms with E-state index in [0.29, 0.717) is 6.04 Å². The zero-order valence-corrected chi connectivity index (χ0v) is 16.7. The van der Waals surface area contributed by atoms with Crippen LogP contribution in [0.1, 0.15) is 42.9 Å². The number of amides is 2. The molecule has 1 saturated heterocycles. The maximum absolute atomic E-state index is 12.9. The third-order valence-corrected chi connectivity index (χ3v) is 5.76. The van der Waals surface area contributed by atoms with E-state index >= 15 is 0 Å². The number of rotatable bonds is 8. The van der Waals surface area contributed by atoms with Crippen LogP contribution < -0.4 is 10.6 Å². The van der Waals surface area contributed by atoms with Crippen LogP contribution >= 0.6 is 0 Å². The van der Waals surface area contributed by atoms with Gasteiger partial charge in [0, 0.05) is 6.04 Å². The van der Waals surface area contributed by atoms with Crippen molar-refractivity contribution in [3.05, 3.63) is 71.8 Å². The summed E-state index contributed by atoms with van der Waals surface area (Å²) < 4.78 is 0. The third-order valence-electron chi connectivity index (χ3n) is 5.76. The molecule has 4 rings (SSSR count). The second-order valence-corrected chi connectivity index (χ2v) is 8.13. The number of hydrogen-bond donors (Lipinski definition) is 2. The lowest BCUT2D eigenvalue weighted by Crippen LogP contribution is -2.48. The molecule has 2 N–H and O–H groups in total. The second-order valence-electron chi connectivity index (χ2n) is 8.13. The van der Waals surface area contributed by atoms with Crippen molar-refractivity contribution in [3.8, 4) is 0 Å². The maximum Gasteiger partial charge on any atom is 0.237 e. The fraction of sp³-hybridized carbons (Fsp3) is 0.417. The zero-order chi connectivity index (χ0) is 20.1. The van der Waals surface area contributed by atoms with Crippen LogP contribution in [0, 0.1) is 0 Å². The molecule has 2 fully saturated rings. The first-order chi connectivity index (χ1) is 14.2. The van der Waals surface area contributed by atoms with Gasteiger partial charge in [0.25, 0.3) is 0 Å². The van der Waals surface area contributed by atoms with Gasteiger partial charge in [-0.1, -0.05) is 60.7 Å². The van der Waals surface area contributed by atoms with Gasteiger partial charge in [-0.2, -0.15) is 0 Å². The van der Waals surface area contributed by atoms with E-state index in [1.807, 2.05) is 41.3 Å². The monoisotopic (exact) mass is 391 g/mol. The maximum atomic E-state index is 12.9. The van der Waals surface area contributed by atoms with Crippen LogP contribution in [-0.2, 0) is 16.0 Å². The summed E-state index contributed by atoms with van der Waals surface area (Å²) in [6.45, 7) is 1.06. The second kappa shape index (κ2) is 9.23. The SMILES string of the molecule is O=C(CN1CCCC1C(=O)NC1CC1)NC(Cc1ccccc1)c1ccccc1. The van der Waals surface area contributed by atoms with Crippen molar-refractivity contribution in [1.29, 1.82) is 0 Å². The number of nitrogens with zero attached hydrogens (tertiary/aromatic N) is 1. The van der Waals surface area contributed by atoms with Gasteiger partial charge in [-0.05, 0) is 49.8 Å². The summed E-state index contributed by atoms with van der Waals surface area (Å²) in [6.07, 6.45) is 4.69. The highest BCUT2D eigenvalue weighted by atomic mass is 16.2. The Bertz CT molecular complexity index is 821. The predicted molar refractivity (Wildman–Crippen MR) is 113 cm³/mol. The Morgan fingerprint density at radius 3 is 2.34 bits per heavy atom. The minimum atomic E-state index is -0.175. The largest absolute Gasteiger partial charge is 0.352 e. The van der Waals surface area contributed by atoms with Crippen molar-refractivity contribution in [2.45, 2.75) is 50.2 Å². The van der Waals surface area contributed by atoms with E-state index in [4.69, 9.17) is 0 Å². The molecule has 0 radical (unpaired) electrons. The van der Waals surface area contributed by atoms with Crippen molar-refractivity contribution >= 4 is 11.8 Å². The highest BCUT2D eigenvalue weighted by Gasteiger charge is 2.35. The number of benzene rings is 2. The highest BCUT2D eigenvalue weighted by Crippen LogP contribution is 2.23. The van der Waals surface area contributed by atoms with Gasteiger partial charge in [0.2, 0.25) is 11.8 Å². The summed E-state index contributed by atoms with van der Waals surface area (Å²) in [6, 6.07) is 20.4. The molecule has 2 amide bonds. The van der Waals surface area contributed by atoms with Gasteiger partial charge in [-0.3, -0.25) is 14.5 Å². The summed E-state index contributed by atoms with van der Waals surface area (Å²) in [5.74, 6) is 0.0580. The van der Waals surface area contributed by atoms with E-state index in [9.17, 15) is 9.59 Å². The molecule has 1 aliphatic heterocycles. The lowest BCUT2D eigenvalue weighted by molar-refractivity contribution is -0.128. The molecule has 2 aliphatic rings. The first-order valence-corrected chi connectivity index (χ1v) is 10.6. The molecule has 0 bridgehead atoms. The minimum absolute atomic E-state index is 0.0269. The Hall–Kier alpha value is -2.66. The van der Waals surface area contributed by atoms with E-state index in [0.717, 1.165) is 44.2 Å². The highest BCUT2D eigenvalue weighted by molar-refractivity contribution is 5.84. The fourth-order valence-electron chi connectivity index (χ4n) is 4.05. The molecular weight excluding hydrogens is 362 g/mol. The molecule has 2 unspecified atom stereocenters. The van der Waals surface area contributed by atoms with Crippen molar-refractivity contribution in [2.75, 3.05) is 13.1 Å².